The minimum Gasteiger partial charge on any atom is -0.355 e. The van der Waals surface area contributed by atoms with Gasteiger partial charge in [0.15, 0.2) is 0 Å². The lowest BCUT2D eigenvalue weighted by atomic mass is 10.0. The lowest BCUT2D eigenvalue weighted by molar-refractivity contribution is -0.128. The second-order valence-corrected chi connectivity index (χ2v) is 6.90. The van der Waals surface area contributed by atoms with Crippen LogP contribution in [0.4, 0.5) is 0 Å². The first-order valence-electron chi connectivity index (χ1n) is 8.41. The Morgan fingerprint density at radius 3 is 2.48 bits per heavy atom. The molecule has 2 rings (SSSR count). The van der Waals surface area contributed by atoms with Gasteiger partial charge in [-0.25, -0.2) is 0 Å². The van der Waals surface area contributed by atoms with E-state index in [1.54, 1.807) is 18.3 Å². The monoisotopic (exact) mass is 359 g/mol. The number of carbonyl (C=O) groups excluding carboxylic acids is 2. The number of hydrogen-bond donors (Lipinski definition) is 3. The first-order chi connectivity index (χ1) is 12.0. The molecule has 0 radical (unpaired) electrons. The van der Waals surface area contributed by atoms with Crippen molar-refractivity contribution < 1.29 is 9.59 Å². The fourth-order valence-electron chi connectivity index (χ4n) is 2.48. The molecule has 134 valence electrons. The summed E-state index contributed by atoms with van der Waals surface area (Å²) in [5, 5.41) is 10.7. The van der Waals surface area contributed by atoms with Gasteiger partial charge in [0.1, 0.15) is 6.04 Å². The van der Waals surface area contributed by atoms with Crippen LogP contribution >= 0.6 is 11.3 Å². The van der Waals surface area contributed by atoms with E-state index < -0.39 is 6.04 Å². The maximum atomic E-state index is 12.2. The summed E-state index contributed by atoms with van der Waals surface area (Å²) in [5.74, 6) is -0.378. The normalized spacial score (nSPS) is 13.1. The van der Waals surface area contributed by atoms with Crippen molar-refractivity contribution >= 4 is 23.2 Å². The van der Waals surface area contributed by atoms with Gasteiger partial charge >= 0.3 is 0 Å². The molecule has 2 amide bonds. The molecule has 1 heterocycles. The van der Waals surface area contributed by atoms with Crippen molar-refractivity contribution in [1.82, 2.24) is 16.0 Å². The Balaban J connectivity index is 1.99. The van der Waals surface area contributed by atoms with Crippen molar-refractivity contribution in [2.45, 2.75) is 32.9 Å². The number of rotatable bonds is 8. The van der Waals surface area contributed by atoms with Gasteiger partial charge < -0.3 is 10.6 Å². The third-order valence-corrected chi connectivity index (χ3v) is 4.76. The standard InChI is InChI=1S/C19H25N3O2S/c1-4-20-19(24)14(3)22-17(23)12-21-18(16-6-5-11-25-16)15-9-7-13(2)8-10-15/h5-11,14,18,21H,4,12H2,1-3H3,(H,20,24)(H,22,23)/t14-,18+/m1/s1. The van der Waals surface area contributed by atoms with Crippen LogP contribution in [0.15, 0.2) is 41.8 Å². The first kappa shape index (κ1) is 19.1. The molecule has 0 fully saturated rings. The molecular weight excluding hydrogens is 334 g/mol. The Labute approximate surface area is 152 Å². The van der Waals surface area contributed by atoms with Crippen LogP contribution < -0.4 is 16.0 Å². The largest absolute Gasteiger partial charge is 0.355 e. The van der Waals surface area contributed by atoms with Crippen LogP contribution in [0.25, 0.3) is 0 Å². The van der Waals surface area contributed by atoms with Gasteiger partial charge in [-0.1, -0.05) is 35.9 Å². The summed E-state index contributed by atoms with van der Waals surface area (Å²) < 4.78 is 0. The molecule has 0 aliphatic carbocycles. The number of benzene rings is 1. The van der Waals surface area contributed by atoms with Gasteiger partial charge in [-0.15, -0.1) is 11.3 Å². The number of hydrogen-bond acceptors (Lipinski definition) is 4. The molecule has 0 saturated carbocycles. The highest BCUT2D eigenvalue weighted by Gasteiger charge is 2.18. The first-order valence-corrected chi connectivity index (χ1v) is 9.29. The van der Waals surface area contributed by atoms with Crippen LogP contribution in [-0.4, -0.2) is 30.9 Å². The molecule has 2 atom stereocenters. The third kappa shape index (κ3) is 5.69. The average molecular weight is 359 g/mol. The van der Waals surface area contributed by atoms with Crippen LogP contribution in [0.5, 0.6) is 0 Å². The number of carbonyl (C=O) groups is 2. The van der Waals surface area contributed by atoms with Crippen LogP contribution in [0, 0.1) is 6.92 Å². The van der Waals surface area contributed by atoms with E-state index in [1.165, 1.54) is 5.56 Å². The van der Waals surface area contributed by atoms with Gasteiger partial charge in [0.25, 0.3) is 0 Å². The van der Waals surface area contributed by atoms with E-state index in [9.17, 15) is 9.59 Å². The van der Waals surface area contributed by atoms with Crippen LogP contribution in [0.3, 0.4) is 0 Å². The molecule has 6 heteroatoms. The minimum atomic E-state index is -0.547. The number of aryl methyl sites for hydroxylation is 1. The number of thiophene rings is 1. The Hall–Kier alpha value is -2.18. The third-order valence-electron chi connectivity index (χ3n) is 3.83. The fraction of sp³-hybridized carbons (Fsp3) is 0.368. The summed E-state index contributed by atoms with van der Waals surface area (Å²) in [5.41, 5.74) is 2.31. The van der Waals surface area contributed by atoms with E-state index in [2.05, 4.69) is 46.3 Å². The Bertz CT molecular complexity index is 683. The van der Waals surface area contributed by atoms with E-state index in [4.69, 9.17) is 0 Å². The van der Waals surface area contributed by atoms with Crippen molar-refractivity contribution in [3.05, 3.63) is 57.8 Å². The Morgan fingerprint density at radius 2 is 1.88 bits per heavy atom. The summed E-state index contributed by atoms with van der Waals surface area (Å²) >= 11 is 1.65. The highest BCUT2D eigenvalue weighted by Crippen LogP contribution is 2.26. The molecule has 25 heavy (non-hydrogen) atoms. The zero-order chi connectivity index (χ0) is 18.2. The highest BCUT2D eigenvalue weighted by atomic mass is 32.1. The predicted octanol–water partition coefficient (Wildman–Crippen LogP) is 2.38. The van der Waals surface area contributed by atoms with E-state index in [-0.39, 0.29) is 24.4 Å². The summed E-state index contributed by atoms with van der Waals surface area (Å²) in [7, 11) is 0. The van der Waals surface area contributed by atoms with Gasteiger partial charge in [0, 0.05) is 11.4 Å². The van der Waals surface area contributed by atoms with E-state index >= 15 is 0 Å². The minimum absolute atomic E-state index is 0.0499. The number of amides is 2. The summed E-state index contributed by atoms with van der Waals surface area (Å²) in [6.07, 6.45) is 0. The molecule has 0 spiro atoms. The van der Waals surface area contributed by atoms with Crippen LogP contribution in [0.2, 0.25) is 0 Å². The molecule has 5 nitrogen and oxygen atoms in total. The van der Waals surface area contributed by atoms with Gasteiger partial charge in [-0.05, 0) is 37.8 Å². The summed E-state index contributed by atoms with van der Waals surface area (Å²) in [4.78, 5) is 25.0. The van der Waals surface area contributed by atoms with Crippen LogP contribution in [0.1, 0.15) is 35.9 Å². The lowest BCUT2D eigenvalue weighted by Crippen LogP contribution is -2.47. The topological polar surface area (TPSA) is 70.2 Å². The Kier molecular flexibility index (Phi) is 7.16. The lowest BCUT2D eigenvalue weighted by Gasteiger charge is -2.19. The van der Waals surface area contributed by atoms with Gasteiger partial charge in [0.2, 0.25) is 11.8 Å². The molecular formula is C19H25N3O2S. The molecule has 0 aliphatic heterocycles. The second-order valence-electron chi connectivity index (χ2n) is 5.92. The van der Waals surface area contributed by atoms with Crippen LogP contribution in [-0.2, 0) is 9.59 Å². The van der Waals surface area contributed by atoms with Crippen molar-refractivity contribution in [3.8, 4) is 0 Å². The maximum absolute atomic E-state index is 12.2. The van der Waals surface area contributed by atoms with E-state index in [0.29, 0.717) is 6.54 Å². The van der Waals surface area contributed by atoms with Crippen molar-refractivity contribution in [2.75, 3.05) is 13.1 Å². The van der Waals surface area contributed by atoms with Gasteiger partial charge in [-0.3, -0.25) is 14.9 Å². The molecule has 0 bridgehead atoms. The van der Waals surface area contributed by atoms with Crippen molar-refractivity contribution in [1.29, 1.82) is 0 Å². The summed E-state index contributed by atoms with van der Waals surface area (Å²) in [6, 6.07) is 11.7. The second kappa shape index (κ2) is 9.34. The highest BCUT2D eigenvalue weighted by molar-refractivity contribution is 7.10. The summed E-state index contributed by atoms with van der Waals surface area (Å²) in [6.45, 7) is 6.26. The number of likely N-dealkylation sites (N-methyl/N-ethyl adjacent to an activating group) is 1. The molecule has 1 aromatic heterocycles. The van der Waals surface area contributed by atoms with Crippen molar-refractivity contribution in [3.63, 3.8) is 0 Å². The van der Waals surface area contributed by atoms with Gasteiger partial charge in [0.05, 0.1) is 12.6 Å². The maximum Gasteiger partial charge on any atom is 0.242 e. The quantitative estimate of drug-likeness (QED) is 0.678. The molecule has 0 aliphatic rings. The fourth-order valence-corrected chi connectivity index (χ4v) is 3.30. The molecule has 0 unspecified atom stereocenters. The van der Waals surface area contributed by atoms with E-state index in [1.807, 2.05) is 25.3 Å². The zero-order valence-corrected chi connectivity index (χ0v) is 15.7. The zero-order valence-electron chi connectivity index (χ0n) is 14.8. The van der Waals surface area contributed by atoms with Gasteiger partial charge in [-0.2, -0.15) is 0 Å². The molecule has 1 aromatic carbocycles. The molecule has 2 aromatic rings. The number of nitrogens with one attached hydrogen (secondary N) is 3. The molecule has 0 saturated heterocycles. The predicted molar refractivity (Wildman–Crippen MR) is 102 cm³/mol. The molecule has 3 N–H and O–H groups in total. The smallest absolute Gasteiger partial charge is 0.242 e. The SMILES string of the molecule is CCNC(=O)[C@@H](C)NC(=O)CN[C@@H](c1ccc(C)cc1)c1cccs1. The average Bonchev–Trinajstić information content (AvgIpc) is 3.11. The Morgan fingerprint density at radius 1 is 1.16 bits per heavy atom. The van der Waals surface area contributed by atoms with E-state index in [0.717, 1.165) is 10.4 Å². The van der Waals surface area contributed by atoms with Crippen molar-refractivity contribution in [2.24, 2.45) is 0 Å².